The normalized spacial score (nSPS) is 13.2. The molecule has 1 heterocycles. The van der Waals surface area contributed by atoms with E-state index in [0.717, 1.165) is 11.3 Å². The molecular weight excluding hydrogens is 312 g/mol. The average molecular weight is 326 g/mol. The number of anilines is 1. The predicted molar refractivity (Wildman–Crippen MR) is 96.5 cm³/mol. The fourth-order valence-corrected chi connectivity index (χ4v) is 2.80. The molecule has 0 radical (unpaired) electrons. The third kappa shape index (κ3) is 2.85. The van der Waals surface area contributed by atoms with Crippen LogP contribution < -0.4 is 5.32 Å². The first-order chi connectivity index (χ1) is 12.2. The first-order valence-corrected chi connectivity index (χ1v) is 7.90. The van der Waals surface area contributed by atoms with Crippen molar-refractivity contribution >= 4 is 17.3 Å². The number of hydrogen-bond donors (Lipinski definition) is 1. The lowest BCUT2D eigenvalue weighted by Crippen LogP contribution is -2.22. The lowest BCUT2D eigenvalue weighted by Gasteiger charge is -2.17. The maximum Gasteiger partial charge on any atom is 0.211 e. The van der Waals surface area contributed by atoms with Crippen LogP contribution in [0.15, 0.2) is 84.7 Å². The van der Waals surface area contributed by atoms with Crippen molar-refractivity contribution in [1.82, 2.24) is 4.98 Å². The van der Waals surface area contributed by atoms with Gasteiger partial charge in [-0.1, -0.05) is 48.5 Å². The highest BCUT2D eigenvalue weighted by Gasteiger charge is 2.26. The summed E-state index contributed by atoms with van der Waals surface area (Å²) < 4.78 is 0. The van der Waals surface area contributed by atoms with Crippen molar-refractivity contribution in [3.63, 3.8) is 0 Å². The summed E-state index contributed by atoms with van der Waals surface area (Å²) in [7, 11) is 0. The van der Waals surface area contributed by atoms with Gasteiger partial charge in [-0.15, -0.1) is 0 Å². The summed E-state index contributed by atoms with van der Waals surface area (Å²) >= 11 is 0. The number of carbonyl (C=O) groups is 2. The molecule has 4 nitrogen and oxygen atoms in total. The number of para-hydroxylation sites is 1. The van der Waals surface area contributed by atoms with Gasteiger partial charge in [0.05, 0.1) is 17.0 Å². The van der Waals surface area contributed by atoms with Gasteiger partial charge in [0, 0.05) is 29.1 Å². The van der Waals surface area contributed by atoms with Crippen molar-refractivity contribution in [2.24, 2.45) is 0 Å². The van der Waals surface area contributed by atoms with Gasteiger partial charge in [-0.25, -0.2) is 0 Å². The molecule has 0 unspecified atom stereocenters. The van der Waals surface area contributed by atoms with Crippen molar-refractivity contribution in [3.8, 4) is 11.3 Å². The molecule has 3 aromatic rings. The van der Waals surface area contributed by atoms with Crippen molar-refractivity contribution in [2.45, 2.75) is 0 Å². The van der Waals surface area contributed by atoms with Gasteiger partial charge >= 0.3 is 0 Å². The Morgan fingerprint density at radius 2 is 1.48 bits per heavy atom. The van der Waals surface area contributed by atoms with Crippen LogP contribution in [0.2, 0.25) is 0 Å². The molecule has 4 heteroatoms. The van der Waals surface area contributed by atoms with Gasteiger partial charge in [0.1, 0.15) is 0 Å². The number of carbonyl (C=O) groups excluding carboxylic acids is 2. The fraction of sp³-hybridized carbons (Fsp3) is 0. The Bertz CT molecular complexity index is 993. The van der Waals surface area contributed by atoms with Gasteiger partial charge in [0.15, 0.2) is 5.78 Å². The maximum atomic E-state index is 12.7. The Morgan fingerprint density at radius 1 is 0.800 bits per heavy atom. The Kier molecular flexibility index (Phi) is 3.71. The molecule has 25 heavy (non-hydrogen) atoms. The van der Waals surface area contributed by atoms with Crippen LogP contribution in [-0.2, 0) is 0 Å². The SMILES string of the molecule is O=C1C=C(Nc2ccccc2)C(=O)c2cnc(-c3ccccc3)cc21. The van der Waals surface area contributed by atoms with Crippen molar-refractivity contribution in [2.75, 3.05) is 5.32 Å². The number of allylic oxidation sites excluding steroid dienone is 2. The minimum absolute atomic E-state index is 0.201. The van der Waals surface area contributed by atoms with Gasteiger partial charge in [-0.2, -0.15) is 0 Å². The first-order valence-electron chi connectivity index (χ1n) is 7.90. The minimum Gasteiger partial charge on any atom is -0.352 e. The van der Waals surface area contributed by atoms with E-state index in [4.69, 9.17) is 0 Å². The number of Topliss-reactive ketones (excluding diaryl/α,β-unsaturated/α-hetero) is 1. The van der Waals surface area contributed by atoms with Gasteiger partial charge in [0.25, 0.3) is 0 Å². The molecule has 0 amide bonds. The largest absolute Gasteiger partial charge is 0.352 e. The summed E-state index contributed by atoms with van der Waals surface area (Å²) in [4.78, 5) is 29.6. The third-order valence-electron chi connectivity index (χ3n) is 4.06. The molecule has 0 saturated heterocycles. The van der Waals surface area contributed by atoms with Gasteiger partial charge < -0.3 is 5.32 Å². The van der Waals surface area contributed by atoms with Crippen LogP contribution in [0.1, 0.15) is 20.7 Å². The lowest BCUT2D eigenvalue weighted by molar-refractivity contribution is 0.0985. The molecule has 2 aromatic carbocycles. The van der Waals surface area contributed by atoms with E-state index in [0.29, 0.717) is 16.8 Å². The first kappa shape index (κ1) is 15.0. The fourth-order valence-electron chi connectivity index (χ4n) is 2.80. The standard InChI is InChI=1S/C21H14N2O2/c24-20-12-19(23-15-9-5-2-6-10-15)21(25)17-13-22-18(11-16(17)20)14-7-3-1-4-8-14/h1-13,23H. The van der Waals surface area contributed by atoms with E-state index in [-0.39, 0.29) is 17.3 Å². The third-order valence-corrected chi connectivity index (χ3v) is 4.06. The van der Waals surface area contributed by atoms with Crippen LogP contribution in [0.25, 0.3) is 11.3 Å². The smallest absolute Gasteiger partial charge is 0.211 e. The van der Waals surface area contributed by atoms with Gasteiger partial charge in [0.2, 0.25) is 5.78 Å². The predicted octanol–water partition coefficient (Wildman–Crippen LogP) is 4.12. The van der Waals surface area contributed by atoms with E-state index in [1.165, 1.54) is 12.3 Å². The Morgan fingerprint density at radius 3 is 2.20 bits per heavy atom. The lowest BCUT2D eigenvalue weighted by atomic mass is 9.92. The number of ketones is 2. The summed E-state index contributed by atoms with van der Waals surface area (Å²) in [6, 6.07) is 20.5. The summed E-state index contributed by atoms with van der Waals surface area (Å²) in [6.45, 7) is 0. The van der Waals surface area contributed by atoms with Crippen LogP contribution in [0.4, 0.5) is 5.69 Å². The minimum atomic E-state index is -0.231. The number of fused-ring (bicyclic) bond motifs is 1. The highest BCUT2D eigenvalue weighted by atomic mass is 16.1. The zero-order chi connectivity index (χ0) is 17.2. The van der Waals surface area contributed by atoms with Crippen LogP contribution in [0, 0.1) is 0 Å². The highest BCUT2D eigenvalue weighted by molar-refractivity contribution is 6.25. The molecule has 120 valence electrons. The van der Waals surface area contributed by atoms with E-state index >= 15 is 0 Å². The zero-order valence-corrected chi connectivity index (χ0v) is 13.3. The van der Waals surface area contributed by atoms with Crippen molar-refractivity contribution in [3.05, 3.63) is 95.8 Å². The quantitative estimate of drug-likeness (QED) is 0.786. The number of nitrogens with zero attached hydrogens (tertiary/aromatic N) is 1. The molecule has 4 rings (SSSR count). The van der Waals surface area contributed by atoms with Crippen LogP contribution in [0.5, 0.6) is 0 Å². The number of hydrogen-bond acceptors (Lipinski definition) is 4. The van der Waals surface area contributed by atoms with E-state index in [9.17, 15) is 9.59 Å². The van der Waals surface area contributed by atoms with Gasteiger partial charge in [-0.05, 0) is 18.2 Å². The molecule has 0 saturated carbocycles. The van der Waals surface area contributed by atoms with E-state index in [1.54, 1.807) is 6.07 Å². The number of rotatable bonds is 3. The second kappa shape index (κ2) is 6.17. The monoisotopic (exact) mass is 326 g/mol. The Hall–Kier alpha value is -3.53. The summed E-state index contributed by atoms with van der Waals surface area (Å²) in [6.07, 6.45) is 2.84. The van der Waals surface area contributed by atoms with Crippen LogP contribution in [0.3, 0.4) is 0 Å². The Balaban J connectivity index is 1.70. The molecule has 0 bridgehead atoms. The second-order valence-electron chi connectivity index (χ2n) is 5.72. The number of aromatic nitrogens is 1. The molecule has 0 spiro atoms. The number of pyridine rings is 1. The summed E-state index contributed by atoms with van der Waals surface area (Å²) in [5.41, 5.74) is 3.31. The van der Waals surface area contributed by atoms with Crippen molar-refractivity contribution in [1.29, 1.82) is 0 Å². The molecule has 1 aliphatic carbocycles. The van der Waals surface area contributed by atoms with E-state index < -0.39 is 0 Å². The summed E-state index contributed by atoms with van der Waals surface area (Å²) in [5, 5.41) is 3.01. The zero-order valence-electron chi connectivity index (χ0n) is 13.3. The number of nitrogens with one attached hydrogen (secondary N) is 1. The molecule has 0 fully saturated rings. The Labute approximate surface area is 144 Å². The van der Waals surface area contributed by atoms with Gasteiger partial charge in [-0.3, -0.25) is 14.6 Å². The molecule has 1 aromatic heterocycles. The van der Waals surface area contributed by atoms with Crippen molar-refractivity contribution < 1.29 is 9.59 Å². The second-order valence-corrected chi connectivity index (χ2v) is 5.72. The molecule has 1 N–H and O–H groups in total. The highest BCUT2D eigenvalue weighted by Crippen LogP contribution is 2.26. The molecule has 0 atom stereocenters. The van der Waals surface area contributed by atoms with Crippen LogP contribution >= 0.6 is 0 Å². The van der Waals surface area contributed by atoms with Crippen LogP contribution in [-0.4, -0.2) is 16.6 Å². The maximum absolute atomic E-state index is 12.7. The molecule has 1 aliphatic rings. The average Bonchev–Trinajstić information content (AvgIpc) is 2.67. The summed E-state index contributed by atoms with van der Waals surface area (Å²) in [5.74, 6) is -0.432. The van der Waals surface area contributed by atoms with E-state index in [1.807, 2.05) is 60.7 Å². The topological polar surface area (TPSA) is 59.1 Å². The number of benzene rings is 2. The molecular formula is C21H14N2O2. The van der Waals surface area contributed by atoms with E-state index in [2.05, 4.69) is 10.3 Å². The molecule has 0 aliphatic heterocycles.